The molecule has 1 aromatic carbocycles. The van der Waals surface area contributed by atoms with Crippen LogP contribution in [0.25, 0.3) is 0 Å². The summed E-state index contributed by atoms with van der Waals surface area (Å²) in [5.41, 5.74) is 2.91. The van der Waals surface area contributed by atoms with Crippen LogP contribution in [0.1, 0.15) is 23.6 Å². The predicted octanol–water partition coefficient (Wildman–Crippen LogP) is 2.05. The molecule has 9 heteroatoms. The van der Waals surface area contributed by atoms with E-state index in [0.717, 1.165) is 61.0 Å². The molecule has 0 unspecified atom stereocenters. The maximum Gasteiger partial charge on any atom is 0.243 e. The van der Waals surface area contributed by atoms with E-state index < -0.39 is 10.0 Å². The number of likely N-dealkylation sites (N-methyl/N-ethyl adjacent to an activating group) is 1. The topological polar surface area (TPSA) is 72.9 Å². The second-order valence-electron chi connectivity index (χ2n) is 8.76. The quantitative estimate of drug-likeness (QED) is 0.679. The molecule has 0 aliphatic carbocycles. The molecule has 0 N–H and O–H groups in total. The zero-order valence-electron chi connectivity index (χ0n) is 19.6. The van der Waals surface area contributed by atoms with Gasteiger partial charge in [0, 0.05) is 52.4 Å². The Hall–Kier alpha value is -2.23. The lowest BCUT2D eigenvalue weighted by Crippen LogP contribution is -2.49. The molecule has 4 rings (SSSR count). The van der Waals surface area contributed by atoms with Crippen LogP contribution in [-0.4, -0.2) is 86.7 Å². The van der Waals surface area contributed by atoms with E-state index in [4.69, 9.17) is 0 Å². The summed E-state index contributed by atoms with van der Waals surface area (Å²) in [5.74, 6) is 1.72. The Morgan fingerprint density at radius 3 is 1.75 bits per heavy atom. The molecule has 2 fully saturated rings. The number of hydrogen-bond acceptors (Lipinski definition) is 7. The van der Waals surface area contributed by atoms with Gasteiger partial charge in [-0.3, -0.25) is 0 Å². The molecule has 8 nitrogen and oxygen atoms in total. The van der Waals surface area contributed by atoms with Gasteiger partial charge in [0.2, 0.25) is 10.0 Å². The van der Waals surface area contributed by atoms with E-state index in [9.17, 15) is 8.42 Å². The molecule has 2 aliphatic rings. The average Bonchev–Trinajstić information content (AvgIpc) is 2.81. The molecule has 2 aliphatic heterocycles. The fourth-order valence-electron chi connectivity index (χ4n) is 4.46. The first-order valence-electron chi connectivity index (χ1n) is 11.4. The Balaban J connectivity index is 1.39. The molecule has 0 atom stereocenters. The number of aromatic nitrogens is 2. The molecule has 3 heterocycles. The fraction of sp³-hybridized carbons (Fsp3) is 0.565. The summed E-state index contributed by atoms with van der Waals surface area (Å²) in [6.45, 7) is 15.2. The zero-order chi connectivity index (χ0) is 22.9. The largest absolute Gasteiger partial charge is 0.353 e. The molecule has 0 bridgehead atoms. The second-order valence-corrected chi connectivity index (χ2v) is 10.7. The van der Waals surface area contributed by atoms with Gasteiger partial charge in [-0.25, -0.2) is 8.42 Å². The normalized spacial score (nSPS) is 18.9. The van der Waals surface area contributed by atoms with Crippen LogP contribution in [0.5, 0.6) is 0 Å². The summed E-state index contributed by atoms with van der Waals surface area (Å²) in [5, 5.41) is 8.91. The van der Waals surface area contributed by atoms with Crippen molar-refractivity contribution < 1.29 is 8.42 Å². The summed E-state index contributed by atoms with van der Waals surface area (Å²) in [7, 11) is -3.51. The van der Waals surface area contributed by atoms with E-state index in [1.54, 1.807) is 10.4 Å². The third-order valence-corrected chi connectivity index (χ3v) is 8.79. The molecule has 174 valence electrons. The van der Waals surface area contributed by atoms with Gasteiger partial charge in [0.15, 0.2) is 11.6 Å². The number of nitrogens with zero attached hydrogens (tertiary/aromatic N) is 6. The molecule has 0 spiro atoms. The number of sulfonamides is 1. The summed E-state index contributed by atoms with van der Waals surface area (Å²) < 4.78 is 28.1. The zero-order valence-corrected chi connectivity index (χ0v) is 20.4. The minimum Gasteiger partial charge on any atom is -0.353 e. The summed E-state index contributed by atoms with van der Waals surface area (Å²) in [4.78, 5) is 7.25. The van der Waals surface area contributed by atoms with Crippen LogP contribution >= 0.6 is 0 Å². The van der Waals surface area contributed by atoms with Gasteiger partial charge < -0.3 is 14.7 Å². The summed E-state index contributed by atoms with van der Waals surface area (Å²) >= 11 is 0. The number of rotatable bonds is 5. The van der Waals surface area contributed by atoms with Crippen molar-refractivity contribution in [1.82, 2.24) is 19.4 Å². The van der Waals surface area contributed by atoms with Gasteiger partial charge in [-0.2, -0.15) is 4.31 Å². The molecule has 2 saturated heterocycles. The van der Waals surface area contributed by atoms with Crippen molar-refractivity contribution in [1.29, 1.82) is 0 Å². The van der Waals surface area contributed by atoms with Crippen LogP contribution < -0.4 is 9.80 Å². The SMILES string of the molecule is CCN1CCN(c2ccc(N3CCN(S(=O)(=O)c4cc(C)c(C)cc4C)CC3)nn2)CC1. The van der Waals surface area contributed by atoms with Crippen LogP contribution in [-0.2, 0) is 10.0 Å². The first-order valence-corrected chi connectivity index (χ1v) is 12.9. The number of piperazine rings is 2. The van der Waals surface area contributed by atoms with E-state index in [-0.39, 0.29) is 0 Å². The fourth-order valence-corrected chi connectivity index (χ4v) is 6.17. The van der Waals surface area contributed by atoms with Crippen molar-refractivity contribution >= 4 is 21.7 Å². The first kappa shape index (κ1) is 22.9. The number of aryl methyl sites for hydroxylation is 3. The number of anilines is 2. The third-order valence-electron chi connectivity index (χ3n) is 6.75. The monoisotopic (exact) mass is 458 g/mol. The molecule has 0 amide bonds. The lowest BCUT2D eigenvalue weighted by atomic mass is 10.1. The predicted molar refractivity (Wildman–Crippen MR) is 128 cm³/mol. The second kappa shape index (κ2) is 9.33. The minimum atomic E-state index is -3.51. The summed E-state index contributed by atoms with van der Waals surface area (Å²) in [6, 6.07) is 7.80. The van der Waals surface area contributed by atoms with Crippen molar-refractivity contribution in [2.75, 3.05) is 68.7 Å². The first-order chi connectivity index (χ1) is 15.3. The Kier molecular flexibility index (Phi) is 6.69. The maximum atomic E-state index is 13.2. The smallest absolute Gasteiger partial charge is 0.243 e. The highest BCUT2D eigenvalue weighted by molar-refractivity contribution is 7.89. The van der Waals surface area contributed by atoms with Gasteiger partial charge in [-0.05, 0) is 62.2 Å². The third kappa shape index (κ3) is 4.60. The molecule has 32 heavy (non-hydrogen) atoms. The molecule has 0 radical (unpaired) electrons. The van der Waals surface area contributed by atoms with Crippen LogP contribution in [0, 0.1) is 20.8 Å². The van der Waals surface area contributed by atoms with Crippen molar-refractivity contribution in [3.05, 3.63) is 41.0 Å². The molecular weight excluding hydrogens is 424 g/mol. The van der Waals surface area contributed by atoms with E-state index in [1.807, 2.05) is 39.0 Å². The highest BCUT2D eigenvalue weighted by Crippen LogP contribution is 2.25. The standard InChI is InChI=1S/C23H34N6O2S/c1-5-26-8-10-27(11-9-26)22-6-7-23(25-24-22)28-12-14-29(15-13-28)32(30,31)21-17-19(3)18(2)16-20(21)4/h6-7,16-17H,5,8-15H2,1-4H3. The van der Waals surface area contributed by atoms with Crippen LogP contribution in [0.4, 0.5) is 11.6 Å². The number of benzene rings is 1. The van der Waals surface area contributed by atoms with Crippen LogP contribution in [0.3, 0.4) is 0 Å². The van der Waals surface area contributed by atoms with Gasteiger partial charge in [0.05, 0.1) is 4.90 Å². The summed E-state index contributed by atoms with van der Waals surface area (Å²) in [6.07, 6.45) is 0. The van der Waals surface area contributed by atoms with Crippen LogP contribution in [0.15, 0.2) is 29.2 Å². The van der Waals surface area contributed by atoms with Crippen molar-refractivity contribution in [2.24, 2.45) is 0 Å². The van der Waals surface area contributed by atoms with Crippen molar-refractivity contribution in [3.63, 3.8) is 0 Å². The van der Waals surface area contributed by atoms with E-state index in [1.165, 1.54) is 0 Å². The lowest BCUT2D eigenvalue weighted by molar-refractivity contribution is 0.270. The molecule has 1 aromatic heterocycles. The highest BCUT2D eigenvalue weighted by atomic mass is 32.2. The van der Waals surface area contributed by atoms with Crippen molar-refractivity contribution in [2.45, 2.75) is 32.6 Å². The van der Waals surface area contributed by atoms with Crippen LogP contribution in [0.2, 0.25) is 0 Å². The van der Waals surface area contributed by atoms with E-state index in [0.29, 0.717) is 31.1 Å². The maximum absolute atomic E-state index is 13.2. The van der Waals surface area contributed by atoms with Gasteiger partial charge in [0.25, 0.3) is 0 Å². The Bertz CT molecular complexity index is 1040. The Labute approximate surface area is 191 Å². The van der Waals surface area contributed by atoms with Crippen molar-refractivity contribution in [3.8, 4) is 0 Å². The molecule has 0 saturated carbocycles. The van der Waals surface area contributed by atoms with Gasteiger partial charge in [-0.15, -0.1) is 10.2 Å². The molecular formula is C23H34N6O2S. The highest BCUT2D eigenvalue weighted by Gasteiger charge is 2.30. The van der Waals surface area contributed by atoms with Gasteiger partial charge >= 0.3 is 0 Å². The Morgan fingerprint density at radius 2 is 1.25 bits per heavy atom. The van der Waals surface area contributed by atoms with E-state index >= 15 is 0 Å². The number of hydrogen-bond donors (Lipinski definition) is 0. The average molecular weight is 459 g/mol. The minimum absolute atomic E-state index is 0.418. The van der Waals surface area contributed by atoms with Gasteiger partial charge in [0.1, 0.15) is 0 Å². The molecule has 2 aromatic rings. The van der Waals surface area contributed by atoms with E-state index in [2.05, 4.69) is 31.8 Å². The Morgan fingerprint density at radius 1 is 0.750 bits per heavy atom. The van der Waals surface area contributed by atoms with Gasteiger partial charge in [-0.1, -0.05) is 13.0 Å². The lowest BCUT2D eigenvalue weighted by Gasteiger charge is -2.36.